The van der Waals surface area contributed by atoms with E-state index in [1.807, 2.05) is 7.05 Å². The zero-order valence-electron chi connectivity index (χ0n) is 13.1. The van der Waals surface area contributed by atoms with E-state index in [2.05, 4.69) is 48.3 Å². The van der Waals surface area contributed by atoms with Crippen LogP contribution in [-0.2, 0) is 0 Å². The number of ether oxygens (including phenoxy) is 1. The van der Waals surface area contributed by atoms with E-state index in [-0.39, 0.29) is 0 Å². The molecular formula is C17H28N2O. The van der Waals surface area contributed by atoms with Gasteiger partial charge in [0.1, 0.15) is 5.75 Å². The van der Waals surface area contributed by atoms with Gasteiger partial charge in [0.2, 0.25) is 0 Å². The number of hydrogen-bond acceptors (Lipinski definition) is 3. The average Bonchev–Trinajstić information content (AvgIpc) is 2.88. The second kappa shape index (κ2) is 7.53. The zero-order chi connectivity index (χ0) is 14.4. The molecule has 1 aromatic carbocycles. The van der Waals surface area contributed by atoms with Crippen molar-refractivity contribution < 1.29 is 4.74 Å². The molecule has 0 amide bonds. The Balaban J connectivity index is 1.89. The van der Waals surface area contributed by atoms with Crippen molar-refractivity contribution in [1.29, 1.82) is 0 Å². The van der Waals surface area contributed by atoms with E-state index in [4.69, 9.17) is 4.74 Å². The van der Waals surface area contributed by atoms with E-state index < -0.39 is 0 Å². The third kappa shape index (κ3) is 4.41. The number of nitrogens with one attached hydrogen (secondary N) is 1. The van der Waals surface area contributed by atoms with Crippen LogP contribution in [-0.4, -0.2) is 33.3 Å². The van der Waals surface area contributed by atoms with Crippen molar-refractivity contribution in [3.63, 3.8) is 0 Å². The third-order valence-corrected chi connectivity index (χ3v) is 3.93. The van der Waals surface area contributed by atoms with Crippen LogP contribution in [0.25, 0.3) is 0 Å². The van der Waals surface area contributed by atoms with Crippen molar-refractivity contribution in [2.75, 3.05) is 38.2 Å². The largest absolute Gasteiger partial charge is 0.494 e. The predicted molar refractivity (Wildman–Crippen MR) is 85.6 cm³/mol. The van der Waals surface area contributed by atoms with E-state index in [0.717, 1.165) is 44.3 Å². The molecule has 1 aromatic rings. The molecule has 20 heavy (non-hydrogen) atoms. The Kier molecular flexibility index (Phi) is 5.72. The van der Waals surface area contributed by atoms with Crippen molar-refractivity contribution >= 4 is 5.69 Å². The standard InChI is InChI=1S/C17H28N2O/c1-14(2)8-10-20-17-6-4-5-16(11-17)19-9-7-15(13-19)12-18-3/h4-6,11,14-15,18H,7-10,12-13H2,1-3H3. The van der Waals surface area contributed by atoms with E-state index in [1.165, 1.54) is 12.1 Å². The van der Waals surface area contributed by atoms with Gasteiger partial charge in [0.05, 0.1) is 6.61 Å². The fourth-order valence-electron chi connectivity index (χ4n) is 2.70. The monoisotopic (exact) mass is 276 g/mol. The Hall–Kier alpha value is -1.22. The van der Waals surface area contributed by atoms with Gasteiger partial charge in [-0.05, 0) is 50.4 Å². The Bertz CT molecular complexity index is 406. The van der Waals surface area contributed by atoms with Gasteiger partial charge in [-0.2, -0.15) is 0 Å². The van der Waals surface area contributed by atoms with Crippen LogP contribution >= 0.6 is 0 Å². The summed E-state index contributed by atoms with van der Waals surface area (Å²) < 4.78 is 5.85. The fourth-order valence-corrected chi connectivity index (χ4v) is 2.70. The first-order valence-corrected chi connectivity index (χ1v) is 7.81. The molecule has 1 unspecified atom stereocenters. The van der Waals surface area contributed by atoms with E-state index in [9.17, 15) is 0 Å². The SMILES string of the molecule is CNCC1CCN(c2cccc(OCCC(C)C)c2)C1. The lowest BCUT2D eigenvalue weighted by atomic mass is 10.1. The summed E-state index contributed by atoms with van der Waals surface area (Å²) >= 11 is 0. The van der Waals surface area contributed by atoms with Crippen LogP contribution < -0.4 is 15.0 Å². The van der Waals surface area contributed by atoms with Gasteiger partial charge < -0.3 is 15.0 Å². The summed E-state index contributed by atoms with van der Waals surface area (Å²) in [4.78, 5) is 2.47. The summed E-state index contributed by atoms with van der Waals surface area (Å²) in [5.41, 5.74) is 1.30. The Morgan fingerprint density at radius 2 is 2.25 bits per heavy atom. The van der Waals surface area contributed by atoms with Crippen molar-refractivity contribution in [1.82, 2.24) is 5.32 Å². The highest BCUT2D eigenvalue weighted by Crippen LogP contribution is 2.26. The highest BCUT2D eigenvalue weighted by atomic mass is 16.5. The Morgan fingerprint density at radius 3 is 3.00 bits per heavy atom. The summed E-state index contributed by atoms with van der Waals surface area (Å²) in [6.07, 6.45) is 2.39. The highest BCUT2D eigenvalue weighted by molar-refractivity contribution is 5.51. The summed E-state index contributed by atoms with van der Waals surface area (Å²) in [6.45, 7) is 8.68. The molecule has 3 nitrogen and oxygen atoms in total. The summed E-state index contributed by atoms with van der Waals surface area (Å²) in [5, 5.41) is 3.28. The maximum atomic E-state index is 5.85. The van der Waals surface area contributed by atoms with Gasteiger partial charge in [0, 0.05) is 24.8 Å². The quantitative estimate of drug-likeness (QED) is 0.828. The van der Waals surface area contributed by atoms with Crippen LogP contribution in [0.2, 0.25) is 0 Å². The van der Waals surface area contributed by atoms with Crippen molar-refractivity contribution in [3.05, 3.63) is 24.3 Å². The lowest BCUT2D eigenvalue weighted by Crippen LogP contribution is -2.24. The molecule has 0 bridgehead atoms. The molecule has 1 aliphatic rings. The van der Waals surface area contributed by atoms with Crippen molar-refractivity contribution in [2.24, 2.45) is 11.8 Å². The van der Waals surface area contributed by atoms with Gasteiger partial charge in [-0.15, -0.1) is 0 Å². The maximum absolute atomic E-state index is 5.85. The summed E-state index contributed by atoms with van der Waals surface area (Å²) in [6, 6.07) is 8.54. The number of nitrogens with zero attached hydrogens (tertiary/aromatic N) is 1. The predicted octanol–water partition coefficient (Wildman–Crippen LogP) is 3.16. The van der Waals surface area contributed by atoms with E-state index >= 15 is 0 Å². The molecule has 1 fully saturated rings. The van der Waals surface area contributed by atoms with Crippen LogP contribution in [0.4, 0.5) is 5.69 Å². The molecule has 112 valence electrons. The van der Waals surface area contributed by atoms with Gasteiger partial charge in [0.15, 0.2) is 0 Å². The molecule has 2 rings (SSSR count). The van der Waals surface area contributed by atoms with Gasteiger partial charge in [-0.25, -0.2) is 0 Å². The molecule has 0 saturated carbocycles. The van der Waals surface area contributed by atoms with Crippen LogP contribution in [0, 0.1) is 11.8 Å². The Morgan fingerprint density at radius 1 is 1.40 bits per heavy atom. The van der Waals surface area contributed by atoms with Gasteiger partial charge in [-0.3, -0.25) is 0 Å². The second-order valence-electron chi connectivity index (χ2n) is 6.19. The fraction of sp³-hybridized carbons (Fsp3) is 0.647. The second-order valence-corrected chi connectivity index (χ2v) is 6.19. The van der Waals surface area contributed by atoms with Crippen LogP contribution in [0.5, 0.6) is 5.75 Å². The molecule has 0 radical (unpaired) electrons. The first kappa shape index (κ1) is 15.2. The van der Waals surface area contributed by atoms with Crippen LogP contribution in [0.1, 0.15) is 26.7 Å². The number of hydrogen-bond donors (Lipinski definition) is 1. The minimum absolute atomic E-state index is 0.694. The number of anilines is 1. The topological polar surface area (TPSA) is 24.5 Å². The molecule has 1 N–H and O–H groups in total. The molecule has 0 aliphatic carbocycles. The average molecular weight is 276 g/mol. The minimum Gasteiger partial charge on any atom is -0.494 e. The highest BCUT2D eigenvalue weighted by Gasteiger charge is 2.22. The summed E-state index contributed by atoms with van der Waals surface area (Å²) in [7, 11) is 2.03. The smallest absolute Gasteiger partial charge is 0.121 e. The normalized spacial score (nSPS) is 18.8. The van der Waals surface area contributed by atoms with Crippen molar-refractivity contribution in [2.45, 2.75) is 26.7 Å². The molecule has 1 aliphatic heterocycles. The van der Waals surface area contributed by atoms with Crippen LogP contribution in [0.15, 0.2) is 24.3 Å². The van der Waals surface area contributed by atoms with Crippen molar-refractivity contribution in [3.8, 4) is 5.75 Å². The van der Waals surface area contributed by atoms with E-state index in [1.54, 1.807) is 0 Å². The molecule has 0 aromatic heterocycles. The van der Waals surface area contributed by atoms with Gasteiger partial charge in [-0.1, -0.05) is 19.9 Å². The molecule has 0 spiro atoms. The number of benzene rings is 1. The first-order chi connectivity index (χ1) is 9.69. The van der Waals surface area contributed by atoms with Gasteiger partial charge >= 0.3 is 0 Å². The lowest BCUT2D eigenvalue weighted by molar-refractivity contribution is 0.289. The molecule has 1 heterocycles. The summed E-state index contributed by atoms with van der Waals surface area (Å²) in [5.74, 6) is 2.46. The molecule has 1 atom stereocenters. The Labute approximate surface area is 123 Å². The molecular weight excluding hydrogens is 248 g/mol. The maximum Gasteiger partial charge on any atom is 0.121 e. The first-order valence-electron chi connectivity index (χ1n) is 7.81. The third-order valence-electron chi connectivity index (χ3n) is 3.93. The van der Waals surface area contributed by atoms with Crippen LogP contribution in [0.3, 0.4) is 0 Å². The molecule has 3 heteroatoms. The minimum atomic E-state index is 0.694. The zero-order valence-corrected chi connectivity index (χ0v) is 13.1. The number of rotatable bonds is 7. The van der Waals surface area contributed by atoms with Gasteiger partial charge in [0.25, 0.3) is 0 Å². The van der Waals surface area contributed by atoms with E-state index in [0.29, 0.717) is 5.92 Å². The molecule has 1 saturated heterocycles. The lowest BCUT2D eigenvalue weighted by Gasteiger charge is -2.19.